The van der Waals surface area contributed by atoms with Gasteiger partial charge in [0.15, 0.2) is 0 Å². The molecule has 0 unspecified atom stereocenters. The average molecular weight is 149 g/mol. The van der Waals surface area contributed by atoms with Gasteiger partial charge >= 0.3 is 18.9 Å². The van der Waals surface area contributed by atoms with Crippen molar-refractivity contribution in [1.82, 2.24) is 0 Å². The SMILES string of the molecule is CCCCC#CC=[C-]Cl.[Li+]. The Labute approximate surface area is 80.2 Å². The van der Waals surface area contributed by atoms with Crippen LogP contribution >= 0.6 is 11.6 Å². The zero-order valence-electron chi connectivity index (χ0n) is 6.58. The molecule has 50 valence electrons. The van der Waals surface area contributed by atoms with Crippen LogP contribution in [0.2, 0.25) is 0 Å². The van der Waals surface area contributed by atoms with Crippen LogP contribution in [0.15, 0.2) is 6.08 Å². The Morgan fingerprint density at radius 2 is 2.30 bits per heavy atom. The van der Waals surface area contributed by atoms with Crippen LogP contribution in [0.5, 0.6) is 0 Å². The van der Waals surface area contributed by atoms with Crippen LogP contribution in [0, 0.1) is 17.4 Å². The molecule has 0 radical (unpaired) electrons. The summed E-state index contributed by atoms with van der Waals surface area (Å²) in [4.78, 5) is 0. The van der Waals surface area contributed by atoms with Gasteiger partial charge < -0.3 is 5.92 Å². The summed E-state index contributed by atoms with van der Waals surface area (Å²) in [6, 6.07) is 0. The summed E-state index contributed by atoms with van der Waals surface area (Å²) < 4.78 is 0. The standard InChI is InChI=1S/C8H10Cl.Li/c1-2-3-4-5-6-7-8-9;/h7H,2-4H2,1H3;/q-1;+1. The van der Waals surface area contributed by atoms with Crippen molar-refractivity contribution >= 4 is 11.6 Å². The van der Waals surface area contributed by atoms with Crippen molar-refractivity contribution in [2.45, 2.75) is 26.2 Å². The normalized spacial score (nSPS) is 8.20. The number of allylic oxidation sites excluding steroid dienone is 1. The van der Waals surface area contributed by atoms with Gasteiger partial charge in [-0.15, -0.1) is 0 Å². The van der Waals surface area contributed by atoms with Gasteiger partial charge in [0, 0.05) is 0 Å². The molecule has 0 nitrogen and oxygen atoms in total. The Morgan fingerprint density at radius 1 is 1.60 bits per heavy atom. The summed E-state index contributed by atoms with van der Waals surface area (Å²) in [5, 5.41) is 0. The van der Waals surface area contributed by atoms with Gasteiger partial charge in [0.05, 0.1) is 0 Å². The van der Waals surface area contributed by atoms with Crippen LogP contribution in [-0.2, 0) is 0 Å². The van der Waals surface area contributed by atoms with E-state index < -0.39 is 0 Å². The van der Waals surface area contributed by atoms with Gasteiger partial charge in [-0.25, -0.2) is 17.5 Å². The first-order chi connectivity index (χ1) is 4.41. The van der Waals surface area contributed by atoms with Gasteiger partial charge in [-0.3, -0.25) is 0 Å². The summed E-state index contributed by atoms with van der Waals surface area (Å²) in [6.45, 7) is 2.14. The third kappa shape index (κ3) is 11.0. The smallest absolute Gasteiger partial charge is 0.306 e. The van der Waals surface area contributed by atoms with Crippen LogP contribution in [0.25, 0.3) is 0 Å². The minimum Gasteiger partial charge on any atom is -0.306 e. The van der Waals surface area contributed by atoms with Gasteiger partial charge in [-0.1, -0.05) is 13.3 Å². The molecule has 0 aromatic rings. The maximum absolute atomic E-state index is 5.11. The van der Waals surface area contributed by atoms with Crippen molar-refractivity contribution in [3.63, 3.8) is 0 Å². The minimum atomic E-state index is 0. The number of unbranched alkanes of at least 4 members (excludes halogenated alkanes) is 2. The maximum atomic E-state index is 5.11. The molecule has 0 N–H and O–H groups in total. The fraction of sp³-hybridized carbons (Fsp3) is 0.500. The van der Waals surface area contributed by atoms with E-state index in [2.05, 4.69) is 24.3 Å². The Hall–Kier alpha value is 0.187. The van der Waals surface area contributed by atoms with E-state index in [9.17, 15) is 0 Å². The van der Waals surface area contributed by atoms with Crippen molar-refractivity contribution in [1.29, 1.82) is 0 Å². The molecule has 10 heavy (non-hydrogen) atoms. The minimum absolute atomic E-state index is 0. The predicted octanol–water partition coefficient (Wildman–Crippen LogP) is -0.260. The van der Waals surface area contributed by atoms with Crippen LogP contribution in [-0.4, -0.2) is 0 Å². The Balaban J connectivity index is 0. The first-order valence-corrected chi connectivity index (χ1v) is 3.45. The molecule has 0 aliphatic rings. The molecule has 0 heterocycles. The molecule has 0 aliphatic heterocycles. The third-order valence-electron chi connectivity index (χ3n) is 0.884. The molecule has 0 aliphatic carbocycles. The largest absolute Gasteiger partial charge is 1.00 e. The second-order valence-corrected chi connectivity index (χ2v) is 1.90. The summed E-state index contributed by atoms with van der Waals surface area (Å²) in [5.41, 5.74) is 2.32. The Morgan fingerprint density at radius 3 is 2.80 bits per heavy atom. The fourth-order valence-corrected chi connectivity index (χ4v) is 0.470. The van der Waals surface area contributed by atoms with Crippen molar-refractivity contribution in [3.05, 3.63) is 11.6 Å². The van der Waals surface area contributed by atoms with E-state index in [0.717, 1.165) is 6.42 Å². The second-order valence-electron chi connectivity index (χ2n) is 1.68. The van der Waals surface area contributed by atoms with E-state index in [1.807, 2.05) is 0 Å². The predicted molar refractivity (Wildman–Crippen MR) is 41.0 cm³/mol. The maximum Gasteiger partial charge on any atom is 1.00 e. The number of halogens is 1. The van der Waals surface area contributed by atoms with Crippen molar-refractivity contribution < 1.29 is 18.9 Å². The van der Waals surface area contributed by atoms with Gasteiger partial charge in [0.25, 0.3) is 0 Å². The third-order valence-corrected chi connectivity index (χ3v) is 0.993. The van der Waals surface area contributed by atoms with Gasteiger partial charge in [0.2, 0.25) is 0 Å². The van der Waals surface area contributed by atoms with E-state index in [0.29, 0.717) is 0 Å². The summed E-state index contributed by atoms with van der Waals surface area (Å²) in [5.74, 6) is 5.69. The average Bonchev–Trinajstić information content (AvgIpc) is 1.89. The molecule has 0 amide bonds. The monoisotopic (exact) mass is 148 g/mol. The van der Waals surface area contributed by atoms with E-state index in [4.69, 9.17) is 11.6 Å². The van der Waals surface area contributed by atoms with Gasteiger partial charge in [-0.05, 0) is 12.8 Å². The summed E-state index contributed by atoms with van der Waals surface area (Å²) in [7, 11) is 0. The zero-order chi connectivity index (χ0) is 6.95. The molecule has 0 saturated carbocycles. The van der Waals surface area contributed by atoms with Gasteiger partial charge in [-0.2, -0.15) is 11.6 Å². The first kappa shape index (κ1) is 12.8. The van der Waals surface area contributed by atoms with Crippen molar-refractivity contribution in [2.75, 3.05) is 0 Å². The number of rotatable bonds is 2. The van der Waals surface area contributed by atoms with E-state index in [-0.39, 0.29) is 18.9 Å². The van der Waals surface area contributed by atoms with Crippen LogP contribution in [0.3, 0.4) is 0 Å². The fourth-order valence-electron chi connectivity index (χ4n) is 0.416. The molecule has 0 aromatic carbocycles. The molecule has 2 heteroatoms. The van der Waals surface area contributed by atoms with Crippen LogP contribution < -0.4 is 18.9 Å². The summed E-state index contributed by atoms with van der Waals surface area (Å²) >= 11 is 5.11. The molecule has 0 fully saturated rings. The number of hydrogen-bond donors (Lipinski definition) is 0. The molecule has 0 rings (SSSR count). The number of hydrogen-bond acceptors (Lipinski definition) is 0. The quantitative estimate of drug-likeness (QED) is 0.219. The molecule has 0 spiro atoms. The van der Waals surface area contributed by atoms with Crippen molar-refractivity contribution in [2.24, 2.45) is 0 Å². The van der Waals surface area contributed by atoms with E-state index >= 15 is 0 Å². The molecule has 0 atom stereocenters. The topological polar surface area (TPSA) is 0 Å². The molecule has 0 bridgehead atoms. The molecular formula is C8H10ClLi. The Bertz CT molecular complexity index is 130. The molecular weight excluding hydrogens is 138 g/mol. The van der Waals surface area contributed by atoms with E-state index in [1.54, 1.807) is 0 Å². The van der Waals surface area contributed by atoms with Crippen molar-refractivity contribution in [3.8, 4) is 11.8 Å². The zero-order valence-corrected chi connectivity index (χ0v) is 7.33. The summed E-state index contributed by atoms with van der Waals surface area (Å²) in [6.07, 6.45) is 4.86. The molecule has 0 saturated heterocycles. The first-order valence-electron chi connectivity index (χ1n) is 3.08. The molecule has 0 aromatic heterocycles. The van der Waals surface area contributed by atoms with Gasteiger partial charge in [0.1, 0.15) is 0 Å². The second kappa shape index (κ2) is 11.9. The van der Waals surface area contributed by atoms with Crippen LogP contribution in [0.4, 0.5) is 0 Å². The van der Waals surface area contributed by atoms with E-state index in [1.165, 1.54) is 18.9 Å². The Kier molecular flexibility index (Phi) is 15.3. The van der Waals surface area contributed by atoms with Crippen LogP contribution in [0.1, 0.15) is 26.2 Å².